The first-order chi connectivity index (χ1) is 8.47. The van der Waals surface area contributed by atoms with Crippen LogP contribution in [0.15, 0.2) is 0 Å². The highest BCUT2D eigenvalue weighted by atomic mass is 15.2. The van der Waals surface area contributed by atoms with Crippen LogP contribution in [0.1, 0.15) is 72.6 Å². The van der Waals surface area contributed by atoms with Crippen LogP contribution in [0.3, 0.4) is 0 Å². The maximum Gasteiger partial charge on any atom is 0.0286 e. The standard InChI is InChI=1S/C16H34N2/c1-5-6-7-11-18(14(2)3)13-16(17)10-8-9-15(4)12-16/h14-15H,5-13,17H2,1-4H3. The molecule has 1 aliphatic carbocycles. The van der Waals surface area contributed by atoms with Gasteiger partial charge >= 0.3 is 0 Å². The molecule has 0 aromatic carbocycles. The number of hydrogen-bond donors (Lipinski definition) is 1. The van der Waals surface area contributed by atoms with Crippen LogP contribution in [0.25, 0.3) is 0 Å². The Labute approximate surface area is 114 Å². The summed E-state index contributed by atoms with van der Waals surface area (Å²) in [4.78, 5) is 2.60. The minimum absolute atomic E-state index is 0.0775. The maximum absolute atomic E-state index is 6.65. The minimum Gasteiger partial charge on any atom is -0.324 e. The van der Waals surface area contributed by atoms with E-state index in [0.717, 1.165) is 12.5 Å². The molecule has 0 bridgehead atoms. The van der Waals surface area contributed by atoms with Crippen LogP contribution in [0.2, 0.25) is 0 Å². The molecule has 1 fully saturated rings. The first kappa shape index (κ1) is 16.0. The molecule has 0 aliphatic heterocycles. The Morgan fingerprint density at radius 1 is 1.33 bits per heavy atom. The first-order valence-corrected chi connectivity index (χ1v) is 8.00. The second-order valence-corrected chi connectivity index (χ2v) is 6.84. The second kappa shape index (κ2) is 7.49. The summed E-state index contributed by atoms with van der Waals surface area (Å²) < 4.78 is 0. The van der Waals surface area contributed by atoms with Crippen LogP contribution < -0.4 is 5.73 Å². The van der Waals surface area contributed by atoms with Crippen molar-refractivity contribution >= 4 is 0 Å². The summed E-state index contributed by atoms with van der Waals surface area (Å²) in [6.45, 7) is 11.6. The third kappa shape index (κ3) is 5.27. The Morgan fingerprint density at radius 3 is 2.61 bits per heavy atom. The first-order valence-electron chi connectivity index (χ1n) is 8.00. The molecule has 0 aromatic rings. The van der Waals surface area contributed by atoms with Crippen LogP contribution in [0.4, 0.5) is 0 Å². The third-order valence-corrected chi connectivity index (χ3v) is 4.42. The van der Waals surface area contributed by atoms with E-state index in [2.05, 4.69) is 32.6 Å². The molecule has 1 rings (SSSR count). The smallest absolute Gasteiger partial charge is 0.0286 e. The van der Waals surface area contributed by atoms with E-state index < -0.39 is 0 Å². The maximum atomic E-state index is 6.65. The van der Waals surface area contributed by atoms with E-state index in [1.54, 1.807) is 0 Å². The van der Waals surface area contributed by atoms with Gasteiger partial charge in [-0.1, -0.05) is 39.5 Å². The summed E-state index contributed by atoms with van der Waals surface area (Å²) in [6.07, 6.45) is 9.08. The van der Waals surface area contributed by atoms with Crippen LogP contribution in [0.5, 0.6) is 0 Å². The van der Waals surface area contributed by atoms with Crippen molar-refractivity contribution in [3.63, 3.8) is 0 Å². The fourth-order valence-electron chi connectivity index (χ4n) is 3.33. The van der Waals surface area contributed by atoms with E-state index in [1.807, 2.05) is 0 Å². The van der Waals surface area contributed by atoms with Crippen LogP contribution in [-0.2, 0) is 0 Å². The summed E-state index contributed by atoms with van der Waals surface area (Å²) in [6, 6.07) is 0.625. The van der Waals surface area contributed by atoms with E-state index >= 15 is 0 Å². The zero-order valence-corrected chi connectivity index (χ0v) is 13.0. The Bertz CT molecular complexity index is 227. The average Bonchev–Trinajstić information content (AvgIpc) is 2.27. The molecule has 2 unspecified atom stereocenters. The monoisotopic (exact) mass is 254 g/mol. The third-order valence-electron chi connectivity index (χ3n) is 4.42. The average molecular weight is 254 g/mol. The predicted molar refractivity (Wildman–Crippen MR) is 80.8 cm³/mol. The van der Waals surface area contributed by atoms with Gasteiger partial charge in [-0.05, 0) is 45.6 Å². The fourth-order valence-corrected chi connectivity index (χ4v) is 3.33. The highest BCUT2D eigenvalue weighted by molar-refractivity contribution is 4.92. The lowest BCUT2D eigenvalue weighted by Crippen LogP contribution is -2.54. The second-order valence-electron chi connectivity index (χ2n) is 6.84. The zero-order chi connectivity index (χ0) is 13.6. The van der Waals surface area contributed by atoms with Gasteiger partial charge in [-0.2, -0.15) is 0 Å². The Kier molecular flexibility index (Phi) is 6.65. The molecule has 1 saturated carbocycles. The SMILES string of the molecule is CCCCCN(CC1(N)CCCC(C)C1)C(C)C. The van der Waals surface area contributed by atoms with E-state index in [-0.39, 0.29) is 5.54 Å². The minimum atomic E-state index is 0.0775. The number of unbranched alkanes of at least 4 members (excludes halogenated alkanes) is 2. The molecular formula is C16H34N2. The molecule has 0 aromatic heterocycles. The van der Waals surface area contributed by atoms with Gasteiger partial charge in [0.25, 0.3) is 0 Å². The zero-order valence-electron chi connectivity index (χ0n) is 13.0. The van der Waals surface area contributed by atoms with Crippen LogP contribution in [0, 0.1) is 5.92 Å². The van der Waals surface area contributed by atoms with E-state index in [9.17, 15) is 0 Å². The molecule has 0 heterocycles. The molecule has 0 saturated heterocycles. The molecule has 0 spiro atoms. The van der Waals surface area contributed by atoms with Crippen molar-refractivity contribution in [2.75, 3.05) is 13.1 Å². The van der Waals surface area contributed by atoms with Crippen molar-refractivity contribution in [1.82, 2.24) is 4.90 Å². The topological polar surface area (TPSA) is 29.3 Å². The molecule has 18 heavy (non-hydrogen) atoms. The van der Waals surface area contributed by atoms with Gasteiger partial charge in [0.1, 0.15) is 0 Å². The molecule has 108 valence electrons. The Hall–Kier alpha value is -0.0800. The van der Waals surface area contributed by atoms with Crippen molar-refractivity contribution in [2.45, 2.75) is 84.2 Å². The summed E-state index contributed by atoms with van der Waals surface area (Å²) in [5.41, 5.74) is 6.73. The van der Waals surface area contributed by atoms with Crippen molar-refractivity contribution in [2.24, 2.45) is 11.7 Å². The van der Waals surface area contributed by atoms with Gasteiger partial charge in [0, 0.05) is 18.1 Å². The van der Waals surface area contributed by atoms with Crippen molar-refractivity contribution in [3.05, 3.63) is 0 Å². The van der Waals surface area contributed by atoms with E-state index in [0.29, 0.717) is 6.04 Å². The quantitative estimate of drug-likeness (QED) is 0.700. The van der Waals surface area contributed by atoms with E-state index in [1.165, 1.54) is 51.5 Å². The number of nitrogens with zero attached hydrogens (tertiary/aromatic N) is 1. The highest BCUT2D eigenvalue weighted by Crippen LogP contribution is 2.31. The Morgan fingerprint density at radius 2 is 2.06 bits per heavy atom. The molecule has 2 atom stereocenters. The predicted octanol–water partition coefficient (Wildman–Crippen LogP) is 3.79. The van der Waals surface area contributed by atoms with E-state index in [4.69, 9.17) is 5.73 Å². The summed E-state index contributed by atoms with van der Waals surface area (Å²) >= 11 is 0. The van der Waals surface area contributed by atoms with Crippen molar-refractivity contribution < 1.29 is 0 Å². The Balaban J connectivity index is 2.48. The van der Waals surface area contributed by atoms with Crippen LogP contribution >= 0.6 is 0 Å². The van der Waals surface area contributed by atoms with Gasteiger partial charge < -0.3 is 5.73 Å². The lowest BCUT2D eigenvalue weighted by atomic mass is 9.76. The molecule has 2 nitrogen and oxygen atoms in total. The molecule has 1 aliphatic rings. The lowest BCUT2D eigenvalue weighted by molar-refractivity contribution is 0.125. The van der Waals surface area contributed by atoms with Gasteiger partial charge in [-0.3, -0.25) is 4.90 Å². The van der Waals surface area contributed by atoms with Gasteiger partial charge in [-0.25, -0.2) is 0 Å². The molecule has 2 heteroatoms. The van der Waals surface area contributed by atoms with Crippen LogP contribution in [-0.4, -0.2) is 29.6 Å². The fraction of sp³-hybridized carbons (Fsp3) is 1.00. The summed E-state index contributed by atoms with van der Waals surface area (Å²) in [7, 11) is 0. The number of nitrogens with two attached hydrogens (primary N) is 1. The highest BCUT2D eigenvalue weighted by Gasteiger charge is 2.33. The normalized spacial score (nSPS) is 29.2. The molecule has 0 amide bonds. The molecule has 0 radical (unpaired) electrons. The molecule has 2 N–H and O–H groups in total. The summed E-state index contributed by atoms with van der Waals surface area (Å²) in [5, 5.41) is 0. The molecular weight excluding hydrogens is 220 g/mol. The lowest BCUT2D eigenvalue weighted by Gasteiger charge is -2.42. The number of hydrogen-bond acceptors (Lipinski definition) is 2. The summed E-state index contributed by atoms with van der Waals surface area (Å²) in [5.74, 6) is 0.813. The van der Waals surface area contributed by atoms with Gasteiger partial charge in [0.2, 0.25) is 0 Å². The van der Waals surface area contributed by atoms with Crippen molar-refractivity contribution in [3.8, 4) is 0 Å². The van der Waals surface area contributed by atoms with Gasteiger partial charge in [0.15, 0.2) is 0 Å². The van der Waals surface area contributed by atoms with Gasteiger partial charge in [0.05, 0.1) is 0 Å². The van der Waals surface area contributed by atoms with Gasteiger partial charge in [-0.15, -0.1) is 0 Å². The number of rotatable bonds is 7. The largest absolute Gasteiger partial charge is 0.324 e. The van der Waals surface area contributed by atoms with Crippen molar-refractivity contribution in [1.29, 1.82) is 0 Å².